The van der Waals surface area contributed by atoms with Gasteiger partial charge in [-0.15, -0.1) is 11.8 Å². The molecule has 5 nitrogen and oxygen atoms in total. The van der Waals surface area contributed by atoms with Crippen LogP contribution in [-0.4, -0.2) is 42.2 Å². The Hall–Kier alpha value is -2.47. The van der Waals surface area contributed by atoms with Gasteiger partial charge in [-0.3, -0.25) is 9.59 Å². The van der Waals surface area contributed by atoms with Crippen LogP contribution in [0.15, 0.2) is 59.5 Å². The number of amides is 2. The minimum atomic E-state index is -0.505. The van der Waals surface area contributed by atoms with E-state index >= 15 is 0 Å². The van der Waals surface area contributed by atoms with Crippen molar-refractivity contribution in [2.24, 2.45) is 0 Å². The van der Waals surface area contributed by atoms with Crippen molar-refractivity contribution in [3.05, 3.63) is 60.2 Å². The molecule has 0 aromatic heterocycles. The van der Waals surface area contributed by atoms with Crippen molar-refractivity contribution in [1.29, 1.82) is 0 Å². The van der Waals surface area contributed by atoms with Crippen molar-refractivity contribution in [2.45, 2.75) is 37.8 Å². The molecule has 28 heavy (non-hydrogen) atoms. The fraction of sp³-hybridized carbons (Fsp3) is 0.364. The largest absolute Gasteiger partial charge is 0.497 e. The van der Waals surface area contributed by atoms with Crippen molar-refractivity contribution in [3.8, 4) is 5.75 Å². The molecule has 0 aliphatic rings. The second-order valence-electron chi connectivity index (χ2n) is 6.29. The lowest BCUT2D eigenvalue weighted by Gasteiger charge is -2.30. The van der Waals surface area contributed by atoms with Crippen LogP contribution in [0.4, 0.5) is 0 Å². The third-order valence-corrected chi connectivity index (χ3v) is 5.33. The summed E-state index contributed by atoms with van der Waals surface area (Å²) in [7, 11) is 1.61. The van der Waals surface area contributed by atoms with Gasteiger partial charge in [-0.05, 0) is 43.2 Å². The molecule has 0 bridgehead atoms. The average molecular weight is 401 g/mol. The van der Waals surface area contributed by atoms with Gasteiger partial charge < -0.3 is 15.0 Å². The minimum Gasteiger partial charge on any atom is -0.497 e. The number of ether oxygens (including phenoxy) is 1. The maximum atomic E-state index is 13.1. The van der Waals surface area contributed by atoms with Crippen LogP contribution in [0.3, 0.4) is 0 Å². The number of methoxy groups -OCH3 is 1. The Balaban J connectivity index is 2.20. The van der Waals surface area contributed by atoms with Gasteiger partial charge in [-0.25, -0.2) is 0 Å². The van der Waals surface area contributed by atoms with Crippen LogP contribution in [0.1, 0.15) is 25.8 Å². The summed E-state index contributed by atoms with van der Waals surface area (Å²) in [5, 5.41) is 2.85. The van der Waals surface area contributed by atoms with E-state index in [0.29, 0.717) is 19.5 Å². The van der Waals surface area contributed by atoms with Crippen LogP contribution in [0.2, 0.25) is 0 Å². The van der Waals surface area contributed by atoms with Gasteiger partial charge in [0.25, 0.3) is 0 Å². The second kappa shape index (κ2) is 11.4. The van der Waals surface area contributed by atoms with E-state index < -0.39 is 6.04 Å². The monoisotopic (exact) mass is 400 g/mol. The van der Waals surface area contributed by atoms with Crippen molar-refractivity contribution < 1.29 is 14.3 Å². The molecule has 0 fully saturated rings. The summed E-state index contributed by atoms with van der Waals surface area (Å²) in [4.78, 5) is 28.4. The lowest BCUT2D eigenvalue weighted by Crippen LogP contribution is -2.49. The molecule has 2 rings (SSSR count). The van der Waals surface area contributed by atoms with Crippen LogP contribution in [0.25, 0.3) is 0 Å². The average Bonchev–Trinajstić information content (AvgIpc) is 2.73. The van der Waals surface area contributed by atoms with Gasteiger partial charge in [0.1, 0.15) is 11.8 Å². The number of likely N-dealkylation sites (N-methyl/N-ethyl adjacent to an activating group) is 1. The summed E-state index contributed by atoms with van der Waals surface area (Å²) in [5.41, 5.74) is 0.931. The first-order chi connectivity index (χ1) is 13.6. The Labute approximate surface area is 171 Å². The molecule has 0 radical (unpaired) electrons. The third-order valence-electron chi connectivity index (χ3n) is 4.33. The predicted molar refractivity (Wildman–Crippen MR) is 113 cm³/mol. The van der Waals surface area contributed by atoms with E-state index in [4.69, 9.17) is 4.74 Å². The van der Waals surface area contributed by atoms with Crippen LogP contribution < -0.4 is 10.1 Å². The molecule has 0 saturated carbocycles. The highest BCUT2D eigenvalue weighted by Crippen LogP contribution is 2.21. The zero-order chi connectivity index (χ0) is 20.4. The first-order valence-corrected chi connectivity index (χ1v) is 10.5. The zero-order valence-electron chi connectivity index (χ0n) is 16.7. The van der Waals surface area contributed by atoms with E-state index in [-0.39, 0.29) is 17.6 Å². The number of thioether (sulfide) groups is 1. The summed E-state index contributed by atoms with van der Waals surface area (Å²) in [6.07, 6.45) is 0.553. The molecule has 2 amide bonds. The molecule has 1 N–H and O–H groups in total. The summed E-state index contributed by atoms with van der Waals surface area (Å²) < 4.78 is 5.29. The molecular weight excluding hydrogens is 372 g/mol. The lowest BCUT2D eigenvalue weighted by molar-refractivity contribution is -0.139. The Bertz CT molecular complexity index is 767. The number of carbonyl (C=O) groups excluding carboxylic acids is 2. The van der Waals surface area contributed by atoms with E-state index in [1.807, 2.05) is 68.4 Å². The normalized spacial score (nSPS) is 11.5. The van der Waals surface area contributed by atoms with Gasteiger partial charge >= 0.3 is 0 Å². The number of nitrogens with zero attached hydrogens (tertiary/aromatic N) is 1. The molecule has 0 unspecified atom stereocenters. The topological polar surface area (TPSA) is 58.6 Å². The molecule has 150 valence electrons. The quantitative estimate of drug-likeness (QED) is 0.618. The number of benzene rings is 2. The number of rotatable bonds is 10. The first-order valence-electron chi connectivity index (χ1n) is 9.47. The maximum absolute atomic E-state index is 13.1. The number of hydrogen-bond donors (Lipinski definition) is 1. The summed E-state index contributed by atoms with van der Waals surface area (Å²) in [5.74, 6) is 0.833. The maximum Gasteiger partial charge on any atom is 0.242 e. The fourth-order valence-corrected chi connectivity index (χ4v) is 3.73. The van der Waals surface area contributed by atoms with E-state index in [1.165, 1.54) is 11.8 Å². The SMILES string of the molecule is CCNC(=O)[C@H](CC)N(Cc1cccc(OC)c1)C(=O)CSc1ccccc1. The Morgan fingerprint density at radius 1 is 1.11 bits per heavy atom. The molecule has 1 atom stereocenters. The van der Waals surface area contributed by atoms with Crippen molar-refractivity contribution >= 4 is 23.6 Å². The molecule has 2 aromatic carbocycles. The van der Waals surface area contributed by atoms with Crippen molar-refractivity contribution in [1.82, 2.24) is 10.2 Å². The Morgan fingerprint density at radius 2 is 1.86 bits per heavy atom. The van der Waals surface area contributed by atoms with Crippen molar-refractivity contribution in [3.63, 3.8) is 0 Å². The number of hydrogen-bond acceptors (Lipinski definition) is 4. The van der Waals surface area contributed by atoms with Crippen LogP contribution in [0, 0.1) is 0 Å². The minimum absolute atomic E-state index is 0.0604. The molecule has 0 heterocycles. The highest BCUT2D eigenvalue weighted by atomic mass is 32.2. The van der Waals surface area contributed by atoms with Gasteiger partial charge in [0.15, 0.2) is 0 Å². The first kappa shape index (κ1) is 21.8. The summed E-state index contributed by atoms with van der Waals surface area (Å²) in [6, 6.07) is 16.9. The Kier molecular flexibility index (Phi) is 8.88. The van der Waals surface area contributed by atoms with E-state index in [2.05, 4.69) is 5.32 Å². The second-order valence-corrected chi connectivity index (χ2v) is 7.34. The summed E-state index contributed by atoms with van der Waals surface area (Å²) in [6.45, 7) is 4.70. The predicted octanol–water partition coefficient (Wildman–Crippen LogP) is 3.73. The van der Waals surface area contributed by atoms with E-state index in [9.17, 15) is 9.59 Å². The van der Waals surface area contributed by atoms with Gasteiger partial charge in [0.2, 0.25) is 11.8 Å². The zero-order valence-corrected chi connectivity index (χ0v) is 17.5. The molecule has 2 aromatic rings. The molecular formula is C22H28N2O3S. The summed E-state index contributed by atoms with van der Waals surface area (Å²) >= 11 is 1.48. The third kappa shape index (κ3) is 6.30. The van der Waals surface area contributed by atoms with Gasteiger partial charge in [0.05, 0.1) is 12.9 Å². The smallest absolute Gasteiger partial charge is 0.242 e. The molecule has 6 heteroatoms. The molecule has 0 saturated heterocycles. The Morgan fingerprint density at radius 3 is 2.50 bits per heavy atom. The highest BCUT2D eigenvalue weighted by molar-refractivity contribution is 8.00. The standard InChI is InChI=1S/C22H28N2O3S/c1-4-20(22(26)23-5-2)24(15-17-10-9-11-18(14-17)27-3)21(25)16-28-19-12-7-6-8-13-19/h6-14,20H,4-5,15-16H2,1-3H3,(H,23,26)/t20-/m0/s1. The molecule has 0 spiro atoms. The molecule has 0 aliphatic carbocycles. The highest BCUT2D eigenvalue weighted by Gasteiger charge is 2.28. The lowest BCUT2D eigenvalue weighted by atomic mass is 10.1. The van der Waals surface area contributed by atoms with Crippen molar-refractivity contribution in [2.75, 3.05) is 19.4 Å². The van der Waals surface area contributed by atoms with E-state index in [1.54, 1.807) is 12.0 Å². The fourth-order valence-electron chi connectivity index (χ4n) is 2.92. The number of nitrogens with one attached hydrogen (secondary N) is 1. The van der Waals surface area contributed by atoms with Gasteiger partial charge in [0, 0.05) is 18.0 Å². The van der Waals surface area contributed by atoms with Crippen LogP contribution in [0.5, 0.6) is 5.75 Å². The molecule has 0 aliphatic heterocycles. The van der Waals surface area contributed by atoms with Crippen LogP contribution >= 0.6 is 11.8 Å². The van der Waals surface area contributed by atoms with E-state index in [0.717, 1.165) is 16.2 Å². The van der Waals surface area contributed by atoms with Gasteiger partial charge in [-0.1, -0.05) is 37.3 Å². The van der Waals surface area contributed by atoms with Gasteiger partial charge in [-0.2, -0.15) is 0 Å². The number of carbonyl (C=O) groups is 2. The van der Waals surface area contributed by atoms with Crippen LogP contribution in [-0.2, 0) is 16.1 Å².